The third-order valence-corrected chi connectivity index (χ3v) is 4.05. The molecule has 0 atom stereocenters. The highest BCUT2D eigenvalue weighted by Gasteiger charge is 2.00. The van der Waals surface area contributed by atoms with Gasteiger partial charge in [0.25, 0.3) is 0 Å². The van der Waals surface area contributed by atoms with E-state index in [4.69, 9.17) is 0 Å². The summed E-state index contributed by atoms with van der Waals surface area (Å²) in [5.41, 5.74) is 0. The van der Waals surface area contributed by atoms with Crippen molar-refractivity contribution in [2.75, 3.05) is 59.1 Å². The van der Waals surface area contributed by atoms with Crippen LogP contribution in [-0.4, -0.2) is 64.0 Å². The van der Waals surface area contributed by atoms with Gasteiger partial charge in [0, 0.05) is 13.1 Å². The second kappa shape index (κ2) is 7.25. The molecule has 0 saturated heterocycles. The van der Waals surface area contributed by atoms with Gasteiger partial charge in [0.2, 0.25) is 0 Å². The van der Waals surface area contributed by atoms with Gasteiger partial charge in [-0.25, -0.2) is 0 Å². The van der Waals surface area contributed by atoms with E-state index in [0.29, 0.717) is 15.8 Å². The second-order valence-corrected chi connectivity index (χ2v) is 9.12. The molecule has 0 aliphatic carbocycles. The highest BCUT2D eigenvalue weighted by molar-refractivity contribution is 7.56. The molecule has 74 valence electrons. The van der Waals surface area contributed by atoms with Crippen LogP contribution in [0.25, 0.3) is 0 Å². The highest BCUT2D eigenvalue weighted by atomic mass is 31.1. The van der Waals surface area contributed by atoms with Gasteiger partial charge in [-0.05, 0) is 46.0 Å². The molecule has 0 aliphatic rings. The van der Waals surface area contributed by atoms with Crippen molar-refractivity contribution in [3.8, 4) is 0 Å². The molecule has 3 heteroatoms. The average molecular weight is 207 g/mol. The van der Waals surface area contributed by atoms with E-state index in [9.17, 15) is 0 Å². The summed E-state index contributed by atoms with van der Waals surface area (Å²) in [7, 11) is 2.86. The minimum Gasteiger partial charge on any atom is -0.306 e. The molecule has 0 unspecified atom stereocenters. The van der Waals surface area contributed by atoms with Crippen molar-refractivity contribution in [3.63, 3.8) is 0 Å². The molecule has 0 rings (SSSR count). The van der Waals surface area contributed by atoms with Gasteiger partial charge in [0.05, 0.1) is 0 Å². The Balaban J connectivity index is 3.27. The largest absolute Gasteiger partial charge is 0.306 e. The summed E-state index contributed by atoms with van der Waals surface area (Å²) < 4.78 is 0. The Morgan fingerprint density at radius 1 is 0.833 bits per heavy atom. The predicted molar refractivity (Wildman–Crippen MR) is 64.8 cm³/mol. The highest BCUT2D eigenvalue weighted by Crippen LogP contribution is 2.25. The zero-order valence-electron chi connectivity index (χ0n) is 9.17. The molecule has 0 radical (unpaired) electrons. The Morgan fingerprint density at radius 2 is 1.17 bits per heavy atom. The average Bonchev–Trinajstić information content (AvgIpc) is 1.96. The number of hydrogen-bond donors (Lipinski definition) is 0. The summed E-state index contributed by atoms with van der Waals surface area (Å²) in [6.45, 7) is 12.0. The zero-order chi connectivity index (χ0) is 9.56. The topological polar surface area (TPSA) is 3.24 Å². The van der Waals surface area contributed by atoms with Crippen LogP contribution in [-0.2, 0) is 0 Å². The SMILES string of the molecule is CN(CCP(C)C)CCP(C)C. The fourth-order valence-corrected chi connectivity index (χ4v) is 2.34. The molecule has 0 bridgehead atoms. The van der Waals surface area contributed by atoms with Crippen molar-refractivity contribution in [1.29, 1.82) is 0 Å². The molecule has 0 saturated carbocycles. The summed E-state index contributed by atoms with van der Waals surface area (Å²) in [5.74, 6) is 0. The molecule has 0 spiro atoms. The molecule has 0 fully saturated rings. The summed E-state index contributed by atoms with van der Waals surface area (Å²) >= 11 is 0. The van der Waals surface area contributed by atoms with E-state index in [1.165, 1.54) is 25.4 Å². The molecule has 12 heavy (non-hydrogen) atoms. The maximum atomic E-state index is 2.48. The summed E-state index contributed by atoms with van der Waals surface area (Å²) in [6.07, 6.45) is 2.80. The lowest BCUT2D eigenvalue weighted by Gasteiger charge is -2.18. The maximum Gasteiger partial charge on any atom is 0.00176 e. The van der Waals surface area contributed by atoms with Gasteiger partial charge in [-0.3, -0.25) is 0 Å². The predicted octanol–water partition coefficient (Wildman–Crippen LogP) is 2.40. The monoisotopic (exact) mass is 207 g/mol. The Labute approximate surface area is 80.4 Å². The number of nitrogens with zero attached hydrogens (tertiary/aromatic N) is 1. The molecule has 0 aromatic carbocycles. The van der Waals surface area contributed by atoms with E-state index >= 15 is 0 Å². The van der Waals surface area contributed by atoms with Gasteiger partial charge in [-0.1, -0.05) is 0 Å². The zero-order valence-corrected chi connectivity index (χ0v) is 11.0. The first kappa shape index (κ1) is 12.8. The van der Waals surface area contributed by atoms with E-state index in [1.54, 1.807) is 0 Å². The van der Waals surface area contributed by atoms with E-state index in [0.717, 1.165) is 0 Å². The minimum absolute atomic E-state index is 0.305. The van der Waals surface area contributed by atoms with Gasteiger partial charge in [-0.2, -0.15) is 0 Å². The first-order chi connectivity index (χ1) is 5.52. The van der Waals surface area contributed by atoms with Gasteiger partial charge >= 0.3 is 0 Å². The summed E-state index contributed by atoms with van der Waals surface area (Å²) in [5, 5.41) is 0. The molecular formula is C9H23NP2. The fourth-order valence-electron chi connectivity index (χ4n) is 0.853. The molecule has 0 heterocycles. The maximum absolute atomic E-state index is 2.48. The van der Waals surface area contributed by atoms with E-state index in [-0.39, 0.29) is 0 Å². The van der Waals surface area contributed by atoms with Crippen molar-refractivity contribution >= 4 is 15.8 Å². The molecular weight excluding hydrogens is 184 g/mol. The van der Waals surface area contributed by atoms with Crippen molar-refractivity contribution < 1.29 is 0 Å². The van der Waals surface area contributed by atoms with Crippen molar-refractivity contribution in [1.82, 2.24) is 4.90 Å². The minimum atomic E-state index is 0.305. The Hall–Kier alpha value is 0.820. The van der Waals surface area contributed by atoms with Crippen LogP contribution in [0.2, 0.25) is 0 Å². The summed E-state index contributed by atoms with van der Waals surface area (Å²) in [6, 6.07) is 0. The van der Waals surface area contributed by atoms with Crippen LogP contribution in [0.15, 0.2) is 0 Å². The van der Waals surface area contributed by atoms with E-state index < -0.39 is 0 Å². The van der Waals surface area contributed by atoms with Crippen molar-refractivity contribution in [3.05, 3.63) is 0 Å². The van der Waals surface area contributed by atoms with Crippen LogP contribution in [0.5, 0.6) is 0 Å². The normalized spacial score (nSPS) is 12.0. The molecule has 0 aromatic heterocycles. The Morgan fingerprint density at radius 3 is 1.42 bits per heavy atom. The van der Waals surface area contributed by atoms with Crippen LogP contribution in [0.1, 0.15) is 0 Å². The Kier molecular flexibility index (Phi) is 7.74. The lowest BCUT2D eigenvalue weighted by Crippen LogP contribution is -2.24. The summed E-state index contributed by atoms with van der Waals surface area (Å²) in [4.78, 5) is 2.48. The number of rotatable bonds is 6. The lowest BCUT2D eigenvalue weighted by atomic mass is 10.6. The lowest BCUT2D eigenvalue weighted by molar-refractivity contribution is 0.378. The second-order valence-electron chi connectivity index (χ2n) is 3.91. The third-order valence-electron chi connectivity index (χ3n) is 1.86. The van der Waals surface area contributed by atoms with E-state index in [2.05, 4.69) is 38.6 Å². The smallest absolute Gasteiger partial charge is 0.00176 e. The van der Waals surface area contributed by atoms with Gasteiger partial charge in [-0.15, -0.1) is 15.8 Å². The van der Waals surface area contributed by atoms with Crippen LogP contribution in [0.3, 0.4) is 0 Å². The molecule has 0 amide bonds. The van der Waals surface area contributed by atoms with Crippen LogP contribution >= 0.6 is 15.8 Å². The Bertz CT molecular complexity index is 92.7. The van der Waals surface area contributed by atoms with Gasteiger partial charge in [0.1, 0.15) is 0 Å². The molecule has 1 nitrogen and oxygen atoms in total. The van der Waals surface area contributed by atoms with Crippen LogP contribution < -0.4 is 0 Å². The first-order valence-corrected chi connectivity index (χ1v) is 9.34. The van der Waals surface area contributed by atoms with Crippen molar-refractivity contribution in [2.24, 2.45) is 0 Å². The molecule has 0 aromatic rings. The molecule has 0 aliphatic heterocycles. The number of hydrogen-bond acceptors (Lipinski definition) is 1. The van der Waals surface area contributed by atoms with E-state index in [1.807, 2.05) is 0 Å². The standard InChI is InChI=1S/C9H23NP2/c1-10(6-8-11(2)3)7-9-12(4)5/h6-9H2,1-5H3. The van der Waals surface area contributed by atoms with Crippen LogP contribution in [0.4, 0.5) is 0 Å². The first-order valence-electron chi connectivity index (χ1n) is 4.50. The van der Waals surface area contributed by atoms with Gasteiger partial charge in [0.15, 0.2) is 0 Å². The molecule has 0 N–H and O–H groups in total. The van der Waals surface area contributed by atoms with Crippen molar-refractivity contribution in [2.45, 2.75) is 0 Å². The fraction of sp³-hybridized carbons (Fsp3) is 1.00. The van der Waals surface area contributed by atoms with Gasteiger partial charge < -0.3 is 4.90 Å². The third kappa shape index (κ3) is 8.91. The van der Waals surface area contributed by atoms with Crippen LogP contribution in [0, 0.1) is 0 Å². The quantitative estimate of drug-likeness (QED) is 0.604.